The Morgan fingerprint density at radius 3 is 2.68 bits per heavy atom. The van der Waals surface area contributed by atoms with Crippen LogP contribution in [0.4, 0.5) is 0 Å². The SMILES string of the molecule is Cc1ccc(O)c(C(=O)NC(C)C(=O)NC2CC2)c1. The Bertz CT molecular complexity index is 509. The van der Waals surface area contributed by atoms with E-state index in [-0.39, 0.29) is 23.3 Å². The van der Waals surface area contributed by atoms with Gasteiger partial charge in [-0.25, -0.2) is 0 Å². The van der Waals surface area contributed by atoms with Gasteiger partial charge in [-0.05, 0) is 38.8 Å². The van der Waals surface area contributed by atoms with Gasteiger partial charge in [-0.3, -0.25) is 9.59 Å². The van der Waals surface area contributed by atoms with Crippen molar-refractivity contribution in [2.75, 3.05) is 0 Å². The summed E-state index contributed by atoms with van der Waals surface area (Å²) in [6, 6.07) is 4.43. The van der Waals surface area contributed by atoms with E-state index in [1.54, 1.807) is 19.1 Å². The molecule has 19 heavy (non-hydrogen) atoms. The molecule has 2 amide bonds. The standard InChI is InChI=1S/C14H18N2O3/c1-8-3-6-12(17)11(7-8)14(19)15-9(2)13(18)16-10-4-5-10/h3,6-7,9-10,17H,4-5H2,1-2H3,(H,15,19)(H,16,18). The summed E-state index contributed by atoms with van der Waals surface area (Å²) in [4.78, 5) is 23.7. The number of carbonyl (C=O) groups excluding carboxylic acids is 2. The van der Waals surface area contributed by atoms with Gasteiger partial charge < -0.3 is 15.7 Å². The molecular weight excluding hydrogens is 244 g/mol. The lowest BCUT2D eigenvalue weighted by Crippen LogP contribution is -2.45. The van der Waals surface area contributed by atoms with Gasteiger partial charge in [0.25, 0.3) is 5.91 Å². The van der Waals surface area contributed by atoms with Gasteiger partial charge in [-0.15, -0.1) is 0 Å². The average Bonchev–Trinajstić information content (AvgIpc) is 3.15. The molecule has 1 saturated carbocycles. The zero-order valence-corrected chi connectivity index (χ0v) is 11.1. The molecule has 1 aromatic rings. The first kappa shape index (κ1) is 13.4. The fourth-order valence-electron chi connectivity index (χ4n) is 1.73. The number of amides is 2. The second-order valence-corrected chi connectivity index (χ2v) is 5.00. The van der Waals surface area contributed by atoms with Crippen LogP contribution in [0, 0.1) is 6.92 Å². The number of hydrogen-bond donors (Lipinski definition) is 3. The number of hydrogen-bond acceptors (Lipinski definition) is 3. The van der Waals surface area contributed by atoms with Crippen molar-refractivity contribution in [3.8, 4) is 5.75 Å². The molecule has 0 spiro atoms. The van der Waals surface area contributed by atoms with Crippen LogP contribution in [0.25, 0.3) is 0 Å². The first-order valence-corrected chi connectivity index (χ1v) is 6.38. The lowest BCUT2D eigenvalue weighted by molar-refractivity contribution is -0.122. The molecule has 5 heteroatoms. The third-order valence-corrected chi connectivity index (χ3v) is 3.06. The van der Waals surface area contributed by atoms with E-state index in [0.717, 1.165) is 18.4 Å². The van der Waals surface area contributed by atoms with Crippen LogP contribution in [-0.4, -0.2) is 29.0 Å². The summed E-state index contributed by atoms with van der Waals surface area (Å²) in [6.45, 7) is 3.46. The second kappa shape index (κ2) is 5.30. The largest absolute Gasteiger partial charge is 0.507 e. The molecule has 0 aromatic heterocycles. The monoisotopic (exact) mass is 262 g/mol. The Balaban J connectivity index is 1.99. The zero-order valence-electron chi connectivity index (χ0n) is 11.1. The van der Waals surface area contributed by atoms with Gasteiger partial charge in [0, 0.05) is 6.04 Å². The average molecular weight is 262 g/mol. The van der Waals surface area contributed by atoms with Gasteiger partial charge in [0.1, 0.15) is 11.8 Å². The molecule has 102 valence electrons. The molecule has 5 nitrogen and oxygen atoms in total. The topological polar surface area (TPSA) is 78.4 Å². The van der Waals surface area contributed by atoms with Gasteiger partial charge >= 0.3 is 0 Å². The number of nitrogens with one attached hydrogen (secondary N) is 2. The lowest BCUT2D eigenvalue weighted by atomic mass is 10.1. The van der Waals surface area contributed by atoms with Gasteiger partial charge in [0.2, 0.25) is 5.91 Å². The third-order valence-electron chi connectivity index (χ3n) is 3.06. The zero-order chi connectivity index (χ0) is 14.0. The van der Waals surface area contributed by atoms with Crippen molar-refractivity contribution in [1.29, 1.82) is 0 Å². The quantitative estimate of drug-likeness (QED) is 0.760. The molecule has 0 radical (unpaired) electrons. The molecule has 2 rings (SSSR count). The first-order chi connectivity index (χ1) is 8.97. The molecule has 1 aliphatic rings. The van der Waals surface area contributed by atoms with Crippen molar-refractivity contribution in [2.45, 2.75) is 38.8 Å². The molecule has 0 bridgehead atoms. The highest BCUT2D eigenvalue weighted by Gasteiger charge is 2.26. The van der Waals surface area contributed by atoms with Crippen molar-refractivity contribution >= 4 is 11.8 Å². The van der Waals surface area contributed by atoms with E-state index in [4.69, 9.17) is 0 Å². The highest BCUT2D eigenvalue weighted by atomic mass is 16.3. The van der Waals surface area contributed by atoms with E-state index < -0.39 is 11.9 Å². The number of rotatable bonds is 4. The predicted molar refractivity (Wildman–Crippen MR) is 70.9 cm³/mol. The smallest absolute Gasteiger partial charge is 0.255 e. The van der Waals surface area contributed by atoms with Gasteiger partial charge in [0.15, 0.2) is 0 Å². The van der Waals surface area contributed by atoms with Crippen LogP contribution in [0.1, 0.15) is 35.7 Å². The Morgan fingerprint density at radius 2 is 2.05 bits per heavy atom. The number of aromatic hydroxyl groups is 1. The predicted octanol–water partition coefficient (Wildman–Crippen LogP) is 1.10. The van der Waals surface area contributed by atoms with Crippen molar-refractivity contribution in [2.24, 2.45) is 0 Å². The minimum absolute atomic E-state index is 0.0853. The van der Waals surface area contributed by atoms with Crippen LogP contribution in [0.15, 0.2) is 18.2 Å². The van der Waals surface area contributed by atoms with E-state index in [2.05, 4.69) is 10.6 Å². The van der Waals surface area contributed by atoms with Crippen molar-refractivity contribution in [3.05, 3.63) is 29.3 Å². The Kier molecular flexibility index (Phi) is 3.74. The van der Waals surface area contributed by atoms with Gasteiger partial charge in [-0.2, -0.15) is 0 Å². The third kappa shape index (κ3) is 3.47. The highest BCUT2D eigenvalue weighted by Crippen LogP contribution is 2.19. The second-order valence-electron chi connectivity index (χ2n) is 5.00. The van der Waals surface area contributed by atoms with Crippen LogP contribution >= 0.6 is 0 Å². The summed E-state index contributed by atoms with van der Waals surface area (Å²) in [5.74, 6) is -0.722. The summed E-state index contributed by atoms with van der Waals surface area (Å²) >= 11 is 0. The lowest BCUT2D eigenvalue weighted by Gasteiger charge is -2.14. The molecule has 0 saturated heterocycles. The van der Waals surface area contributed by atoms with E-state index in [0.29, 0.717) is 0 Å². The number of aryl methyl sites for hydroxylation is 1. The maximum absolute atomic E-state index is 12.0. The minimum atomic E-state index is -0.618. The molecule has 1 fully saturated rings. The molecule has 1 aliphatic carbocycles. The Hall–Kier alpha value is -2.04. The molecule has 0 aliphatic heterocycles. The summed E-state index contributed by atoms with van der Waals surface area (Å²) < 4.78 is 0. The fraction of sp³-hybridized carbons (Fsp3) is 0.429. The van der Waals surface area contributed by atoms with Gasteiger partial charge in [0.05, 0.1) is 5.56 Å². The van der Waals surface area contributed by atoms with Crippen molar-refractivity contribution < 1.29 is 14.7 Å². The summed E-state index contributed by atoms with van der Waals surface area (Å²) in [7, 11) is 0. The van der Waals surface area contributed by atoms with Crippen LogP contribution in [0.5, 0.6) is 5.75 Å². The highest BCUT2D eigenvalue weighted by molar-refractivity contribution is 5.99. The summed E-state index contributed by atoms with van der Waals surface area (Å²) in [5, 5.41) is 15.1. The maximum atomic E-state index is 12.0. The minimum Gasteiger partial charge on any atom is -0.507 e. The van der Waals surface area contributed by atoms with Crippen LogP contribution in [0.2, 0.25) is 0 Å². The van der Waals surface area contributed by atoms with E-state index >= 15 is 0 Å². The van der Waals surface area contributed by atoms with Crippen molar-refractivity contribution in [3.63, 3.8) is 0 Å². The first-order valence-electron chi connectivity index (χ1n) is 6.38. The van der Waals surface area contributed by atoms with Crippen LogP contribution in [0.3, 0.4) is 0 Å². The van der Waals surface area contributed by atoms with Crippen LogP contribution in [-0.2, 0) is 4.79 Å². The number of carbonyl (C=O) groups is 2. The molecule has 0 heterocycles. The molecule has 1 atom stereocenters. The Morgan fingerprint density at radius 1 is 1.37 bits per heavy atom. The molecular formula is C14H18N2O3. The molecule has 3 N–H and O–H groups in total. The number of phenolic OH excluding ortho intramolecular Hbond substituents is 1. The van der Waals surface area contributed by atoms with E-state index in [1.807, 2.05) is 6.92 Å². The summed E-state index contributed by atoms with van der Waals surface area (Å²) in [5.41, 5.74) is 1.06. The van der Waals surface area contributed by atoms with E-state index in [1.165, 1.54) is 6.07 Å². The van der Waals surface area contributed by atoms with E-state index in [9.17, 15) is 14.7 Å². The molecule has 1 unspecified atom stereocenters. The number of benzene rings is 1. The Labute approximate surface area is 112 Å². The van der Waals surface area contributed by atoms with Crippen LogP contribution < -0.4 is 10.6 Å². The van der Waals surface area contributed by atoms with Gasteiger partial charge in [-0.1, -0.05) is 11.6 Å². The normalized spacial score (nSPS) is 15.7. The summed E-state index contributed by atoms with van der Waals surface area (Å²) in [6.07, 6.45) is 2.01. The maximum Gasteiger partial charge on any atom is 0.255 e. The fourth-order valence-corrected chi connectivity index (χ4v) is 1.73. The number of phenols is 1. The molecule has 1 aromatic carbocycles. The van der Waals surface area contributed by atoms with Crippen molar-refractivity contribution in [1.82, 2.24) is 10.6 Å².